The molecule has 2 aliphatic heterocycles. The molecular formula is C25H21ClN2O5. The molecule has 0 bridgehead atoms. The number of amides is 2. The van der Waals surface area contributed by atoms with Gasteiger partial charge in [-0.05, 0) is 48.5 Å². The minimum absolute atomic E-state index is 0.339. The predicted molar refractivity (Wildman–Crippen MR) is 124 cm³/mol. The van der Waals surface area contributed by atoms with Crippen LogP contribution in [-0.2, 0) is 14.4 Å². The van der Waals surface area contributed by atoms with E-state index in [1.165, 1.54) is 4.90 Å². The summed E-state index contributed by atoms with van der Waals surface area (Å²) in [5.74, 6) is -0.365. The van der Waals surface area contributed by atoms with Gasteiger partial charge in [0.15, 0.2) is 6.10 Å². The average molecular weight is 465 g/mol. The second-order valence-electron chi connectivity index (χ2n) is 7.75. The number of hydrogen-bond acceptors (Lipinski definition) is 6. The van der Waals surface area contributed by atoms with E-state index in [9.17, 15) is 9.59 Å². The van der Waals surface area contributed by atoms with Gasteiger partial charge < -0.3 is 9.47 Å². The molecule has 0 saturated carbocycles. The minimum Gasteiger partial charge on any atom is -0.497 e. The van der Waals surface area contributed by atoms with Crippen molar-refractivity contribution in [3.63, 3.8) is 0 Å². The third-order valence-electron chi connectivity index (χ3n) is 5.97. The fraction of sp³-hybridized carbons (Fsp3) is 0.200. The first-order chi connectivity index (χ1) is 16.0. The fourth-order valence-corrected chi connectivity index (χ4v) is 4.56. The monoisotopic (exact) mass is 464 g/mol. The first kappa shape index (κ1) is 21.3. The summed E-state index contributed by atoms with van der Waals surface area (Å²) in [6, 6.07) is 20.8. The van der Waals surface area contributed by atoms with Crippen molar-refractivity contribution in [3.8, 4) is 11.5 Å². The van der Waals surface area contributed by atoms with Crippen molar-refractivity contribution < 1.29 is 23.9 Å². The zero-order valence-corrected chi connectivity index (χ0v) is 18.7. The summed E-state index contributed by atoms with van der Waals surface area (Å²) in [5, 5.41) is 2.15. The van der Waals surface area contributed by atoms with Crippen molar-refractivity contribution in [2.75, 3.05) is 24.2 Å². The number of carbonyl (C=O) groups excluding carboxylic acids is 2. The van der Waals surface area contributed by atoms with E-state index in [0.29, 0.717) is 27.8 Å². The number of imide groups is 1. The number of halogens is 1. The molecule has 2 amide bonds. The summed E-state index contributed by atoms with van der Waals surface area (Å²) in [4.78, 5) is 34.4. The standard InChI is InChI=1S/C25H21ClN2O5/c1-31-18-12-13-19(20(14-18)32-2)22-21-23(33-28(22)17-6-4-3-5-7-17)25(30)27(24(21)29)16-10-8-15(26)9-11-16/h3-14,21-23H,1-2H3/t21-,22+,23+/m1/s1. The SMILES string of the molecule is COc1ccc([C@H]2[C@H]3C(=O)N(c4ccc(Cl)cc4)C(=O)[C@H]3ON2c2ccccc2)c(OC)c1. The number of benzene rings is 3. The minimum atomic E-state index is -0.967. The van der Waals surface area contributed by atoms with Crippen molar-refractivity contribution >= 4 is 34.8 Å². The summed E-state index contributed by atoms with van der Waals surface area (Å²) in [6.07, 6.45) is -0.967. The van der Waals surface area contributed by atoms with Crippen LogP contribution >= 0.6 is 11.6 Å². The molecule has 0 N–H and O–H groups in total. The van der Waals surface area contributed by atoms with E-state index in [-0.39, 0.29) is 5.91 Å². The summed E-state index contributed by atoms with van der Waals surface area (Å²) >= 11 is 5.99. The number of fused-ring (bicyclic) bond motifs is 1. The van der Waals surface area contributed by atoms with Gasteiger partial charge in [0.05, 0.1) is 31.6 Å². The highest BCUT2D eigenvalue weighted by Crippen LogP contribution is 2.50. The predicted octanol–water partition coefficient (Wildman–Crippen LogP) is 4.41. The van der Waals surface area contributed by atoms with E-state index < -0.39 is 24.0 Å². The molecule has 0 unspecified atom stereocenters. The first-order valence-corrected chi connectivity index (χ1v) is 10.8. The lowest BCUT2D eigenvalue weighted by atomic mass is 9.90. The van der Waals surface area contributed by atoms with Gasteiger partial charge in [0, 0.05) is 16.7 Å². The molecule has 33 heavy (non-hydrogen) atoms. The molecule has 7 nitrogen and oxygen atoms in total. The van der Waals surface area contributed by atoms with Crippen LogP contribution in [0.4, 0.5) is 11.4 Å². The third kappa shape index (κ3) is 3.50. The Bertz CT molecular complexity index is 1200. The number of nitrogens with zero attached hydrogens (tertiary/aromatic N) is 2. The highest BCUT2D eigenvalue weighted by molar-refractivity contribution is 6.31. The van der Waals surface area contributed by atoms with Crippen molar-refractivity contribution in [2.24, 2.45) is 5.92 Å². The van der Waals surface area contributed by atoms with E-state index in [4.69, 9.17) is 25.9 Å². The van der Waals surface area contributed by atoms with Crippen LogP contribution in [0.2, 0.25) is 5.02 Å². The molecule has 0 aromatic heterocycles. The zero-order valence-electron chi connectivity index (χ0n) is 18.0. The van der Waals surface area contributed by atoms with Crippen LogP contribution in [0.1, 0.15) is 11.6 Å². The number of carbonyl (C=O) groups is 2. The molecule has 5 rings (SSSR count). The van der Waals surface area contributed by atoms with Gasteiger partial charge in [-0.2, -0.15) is 0 Å². The van der Waals surface area contributed by atoms with Gasteiger partial charge in [-0.25, -0.2) is 9.96 Å². The van der Waals surface area contributed by atoms with Gasteiger partial charge in [0.2, 0.25) is 5.91 Å². The molecule has 0 spiro atoms. The van der Waals surface area contributed by atoms with Gasteiger partial charge in [-0.3, -0.25) is 14.4 Å². The number of ether oxygens (including phenoxy) is 2. The topological polar surface area (TPSA) is 68.3 Å². The molecule has 3 aromatic carbocycles. The van der Waals surface area contributed by atoms with Crippen LogP contribution in [0.5, 0.6) is 11.5 Å². The molecule has 3 aromatic rings. The maximum Gasteiger partial charge on any atom is 0.266 e. The largest absolute Gasteiger partial charge is 0.497 e. The Morgan fingerprint density at radius 1 is 0.848 bits per heavy atom. The number of anilines is 2. The van der Waals surface area contributed by atoms with Crippen molar-refractivity contribution in [1.82, 2.24) is 0 Å². The zero-order chi connectivity index (χ0) is 23.1. The highest BCUT2D eigenvalue weighted by atomic mass is 35.5. The highest BCUT2D eigenvalue weighted by Gasteiger charge is 2.60. The summed E-state index contributed by atoms with van der Waals surface area (Å²) < 4.78 is 11.0. The van der Waals surface area contributed by atoms with Gasteiger partial charge >= 0.3 is 0 Å². The molecule has 0 radical (unpaired) electrons. The normalized spacial score (nSPS) is 22.0. The van der Waals surface area contributed by atoms with Gasteiger partial charge in [-0.15, -0.1) is 0 Å². The number of para-hydroxylation sites is 1. The molecule has 0 aliphatic carbocycles. The van der Waals surface area contributed by atoms with Crippen LogP contribution in [0.3, 0.4) is 0 Å². The molecule has 2 saturated heterocycles. The summed E-state index contributed by atoms with van der Waals surface area (Å²) in [6.45, 7) is 0. The summed E-state index contributed by atoms with van der Waals surface area (Å²) in [7, 11) is 3.13. The van der Waals surface area contributed by atoms with Crippen LogP contribution < -0.4 is 19.4 Å². The molecule has 2 aliphatic rings. The van der Waals surface area contributed by atoms with Crippen molar-refractivity contribution in [3.05, 3.63) is 83.4 Å². The second kappa shape index (κ2) is 8.42. The Morgan fingerprint density at radius 3 is 2.24 bits per heavy atom. The van der Waals surface area contributed by atoms with E-state index in [0.717, 1.165) is 5.69 Å². The van der Waals surface area contributed by atoms with Gasteiger partial charge in [0.25, 0.3) is 5.91 Å². The number of rotatable bonds is 5. The van der Waals surface area contributed by atoms with Gasteiger partial charge in [-0.1, -0.05) is 29.8 Å². The van der Waals surface area contributed by atoms with E-state index in [2.05, 4.69) is 0 Å². The van der Waals surface area contributed by atoms with Crippen LogP contribution in [0.25, 0.3) is 0 Å². The fourth-order valence-electron chi connectivity index (χ4n) is 4.44. The number of hydrogen-bond donors (Lipinski definition) is 0. The number of hydroxylamine groups is 1. The third-order valence-corrected chi connectivity index (χ3v) is 6.22. The van der Waals surface area contributed by atoms with Crippen LogP contribution in [0.15, 0.2) is 72.8 Å². The molecule has 2 fully saturated rings. The smallest absolute Gasteiger partial charge is 0.266 e. The lowest BCUT2D eigenvalue weighted by molar-refractivity contribution is -0.126. The van der Waals surface area contributed by atoms with Crippen molar-refractivity contribution in [1.29, 1.82) is 0 Å². The average Bonchev–Trinajstić information content (AvgIpc) is 3.35. The van der Waals surface area contributed by atoms with Gasteiger partial charge in [0.1, 0.15) is 17.4 Å². The second-order valence-corrected chi connectivity index (χ2v) is 8.19. The lowest BCUT2D eigenvalue weighted by Crippen LogP contribution is -2.37. The van der Waals surface area contributed by atoms with Crippen LogP contribution in [0, 0.1) is 5.92 Å². The van der Waals surface area contributed by atoms with Crippen LogP contribution in [-0.4, -0.2) is 32.1 Å². The maximum atomic E-state index is 13.7. The molecule has 3 atom stereocenters. The van der Waals surface area contributed by atoms with Crippen molar-refractivity contribution in [2.45, 2.75) is 12.1 Å². The summed E-state index contributed by atoms with van der Waals surface area (Å²) in [5.41, 5.74) is 1.90. The van der Waals surface area contributed by atoms with E-state index >= 15 is 0 Å². The Hall–Kier alpha value is -3.55. The molecule has 8 heteroatoms. The number of methoxy groups -OCH3 is 2. The maximum absolute atomic E-state index is 13.7. The van der Waals surface area contributed by atoms with E-state index in [1.54, 1.807) is 55.7 Å². The lowest BCUT2D eigenvalue weighted by Gasteiger charge is -2.29. The quantitative estimate of drug-likeness (QED) is 0.521. The first-order valence-electron chi connectivity index (χ1n) is 10.4. The Labute approximate surface area is 196 Å². The molecule has 168 valence electrons. The Balaban J connectivity index is 1.62. The molecular weight excluding hydrogens is 444 g/mol. The van der Waals surface area contributed by atoms with E-state index in [1.807, 2.05) is 36.4 Å². The Kier molecular flexibility index (Phi) is 5.44. The Morgan fingerprint density at radius 2 is 1.58 bits per heavy atom. The molecule has 2 heterocycles.